The van der Waals surface area contributed by atoms with Crippen LogP contribution in [0.3, 0.4) is 0 Å². The van der Waals surface area contributed by atoms with Crippen LogP contribution in [0.1, 0.15) is 37.3 Å². The van der Waals surface area contributed by atoms with Crippen molar-refractivity contribution in [1.82, 2.24) is 0 Å². The lowest BCUT2D eigenvalue weighted by Crippen LogP contribution is -2.41. The Kier molecular flexibility index (Phi) is 5.38. The Morgan fingerprint density at radius 2 is 1.50 bits per heavy atom. The molecule has 0 aliphatic heterocycles. The maximum atomic E-state index is 11.3. The summed E-state index contributed by atoms with van der Waals surface area (Å²) in [6.07, 6.45) is 2.17. The molecule has 0 saturated carbocycles. The van der Waals surface area contributed by atoms with Crippen LogP contribution in [0.4, 0.5) is 0 Å². The van der Waals surface area contributed by atoms with Crippen molar-refractivity contribution in [3.05, 3.63) is 65.7 Å². The maximum Gasteiger partial charge on any atom is 0.175 e. The van der Waals surface area contributed by atoms with Crippen LogP contribution in [0, 0.1) is 0 Å². The zero-order valence-corrected chi connectivity index (χ0v) is 14.0. The van der Waals surface area contributed by atoms with E-state index in [4.69, 9.17) is 23.2 Å². The van der Waals surface area contributed by atoms with Crippen LogP contribution in [-0.4, -0.2) is 10.2 Å². The lowest BCUT2D eigenvalue weighted by Gasteiger charge is -2.40. The van der Waals surface area contributed by atoms with Crippen molar-refractivity contribution in [2.75, 3.05) is 0 Å². The highest BCUT2D eigenvalue weighted by Crippen LogP contribution is 2.52. The molecule has 2 aromatic rings. The molecule has 0 radical (unpaired) electrons. The molecule has 1 unspecified atom stereocenters. The number of rotatable bonds is 6. The number of aromatic hydroxyl groups is 1. The smallest absolute Gasteiger partial charge is 0.175 e. The summed E-state index contributed by atoms with van der Waals surface area (Å²) in [6, 6.07) is 15.5. The van der Waals surface area contributed by atoms with Crippen molar-refractivity contribution in [3.8, 4) is 5.75 Å². The average Bonchev–Trinajstić information content (AvgIpc) is 2.53. The summed E-state index contributed by atoms with van der Waals surface area (Å²) in [5.74, 6) is 0.129. The monoisotopic (exact) mass is 338 g/mol. The van der Waals surface area contributed by atoms with Crippen molar-refractivity contribution in [3.63, 3.8) is 0 Å². The van der Waals surface area contributed by atoms with Gasteiger partial charge in [-0.05, 0) is 29.7 Å². The molecule has 0 heterocycles. The van der Waals surface area contributed by atoms with Gasteiger partial charge in [0, 0.05) is 0 Å². The van der Waals surface area contributed by atoms with Gasteiger partial charge in [-0.15, -0.1) is 0 Å². The minimum absolute atomic E-state index is 0.129. The Balaban J connectivity index is 2.49. The molecule has 0 bridgehead atoms. The number of phenolic OH excluding ortho intramolecular Hbond substituents is 1. The molecule has 0 aliphatic rings. The summed E-state index contributed by atoms with van der Waals surface area (Å²) < 4.78 is -1.52. The van der Waals surface area contributed by atoms with Crippen LogP contribution in [0.15, 0.2) is 54.6 Å². The van der Waals surface area contributed by atoms with Crippen LogP contribution in [-0.2, 0) is 9.93 Å². The third-order valence-corrected chi connectivity index (χ3v) is 4.95. The summed E-state index contributed by atoms with van der Waals surface area (Å²) in [6.45, 7) is 2.05. The molecule has 0 aromatic heterocycles. The second-order valence-electron chi connectivity index (χ2n) is 5.45. The van der Waals surface area contributed by atoms with E-state index in [0.29, 0.717) is 17.5 Å². The Labute approximate surface area is 141 Å². The highest BCUT2D eigenvalue weighted by molar-refractivity contribution is 6.48. The van der Waals surface area contributed by atoms with Crippen molar-refractivity contribution >= 4 is 23.2 Å². The van der Waals surface area contributed by atoms with Gasteiger partial charge < -0.3 is 10.2 Å². The number of aliphatic hydroxyl groups is 1. The highest BCUT2D eigenvalue weighted by Gasteiger charge is 2.50. The van der Waals surface area contributed by atoms with Gasteiger partial charge in [-0.2, -0.15) is 0 Å². The Bertz CT molecular complexity index is 596. The number of halogens is 2. The predicted octanol–water partition coefficient (Wildman–Crippen LogP) is 5.10. The number of hydrogen-bond donors (Lipinski definition) is 2. The molecule has 1 atom stereocenters. The molecule has 22 heavy (non-hydrogen) atoms. The van der Waals surface area contributed by atoms with Crippen LogP contribution in [0.5, 0.6) is 5.75 Å². The van der Waals surface area contributed by atoms with E-state index < -0.39 is 9.93 Å². The molecule has 118 valence electrons. The molecule has 2 nitrogen and oxygen atoms in total. The number of alkyl halides is 2. The van der Waals surface area contributed by atoms with Gasteiger partial charge in [-0.1, -0.05) is 85.4 Å². The third kappa shape index (κ3) is 3.24. The zero-order valence-electron chi connectivity index (χ0n) is 12.5. The van der Waals surface area contributed by atoms with E-state index in [0.717, 1.165) is 12.8 Å². The molecule has 2 N–H and O–H groups in total. The minimum atomic E-state index is -1.52. The van der Waals surface area contributed by atoms with Crippen LogP contribution in [0.2, 0.25) is 0 Å². The van der Waals surface area contributed by atoms with E-state index in [-0.39, 0.29) is 5.75 Å². The molecule has 0 amide bonds. The van der Waals surface area contributed by atoms with Gasteiger partial charge in [0.05, 0.1) is 0 Å². The Morgan fingerprint density at radius 1 is 0.909 bits per heavy atom. The topological polar surface area (TPSA) is 40.5 Å². The molecule has 0 fully saturated rings. The molecule has 2 rings (SSSR count). The Morgan fingerprint density at radius 3 is 2.05 bits per heavy atom. The lowest BCUT2D eigenvalue weighted by molar-refractivity contribution is 0.00618. The normalized spacial score (nSPS) is 14.5. The molecule has 0 aliphatic carbocycles. The molecule has 0 spiro atoms. The quantitative estimate of drug-likeness (QED) is 0.719. The summed E-state index contributed by atoms with van der Waals surface area (Å²) in [7, 11) is 0. The molecular weight excluding hydrogens is 319 g/mol. The van der Waals surface area contributed by atoms with Gasteiger partial charge in [0.1, 0.15) is 11.4 Å². The minimum Gasteiger partial charge on any atom is -0.508 e. The molecule has 4 heteroatoms. The SMILES string of the molecule is CCCCC(O)(c1ccccc1)C(Cl)(Cl)c1ccc(O)cc1. The molecule has 0 saturated heterocycles. The summed E-state index contributed by atoms with van der Waals surface area (Å²) in [5.41, 5.74) is -0.178. The fraction of sp³-hybridized carbons (Fsp3) is 0.333. The first-order valence-electron chi connectivity index (χ1n) is 7.37. The third-order valence-electron chi connectivity index (χ3n) is 3.89. The lowest BCUT2D eigenvalue weighted by atomic mass is 9.82. The fourth-order valence-electron chi connectivity index (χ4n) is 2.54. The maximum absolute atomic E-state index is 11.3. The second kappa shape index (κ2) is 6.91. The van der Waals surface area contributed by atoms with Crippen molar-refractivity contribution in [2.24, 2.45) is 0 Å². The van der Waals surface area contributed by atoms with Crippen LogP contribution < -0.4 is 0 Å². The second-order valence-corrected chi connectivity index (χ2v) is 6.78. The van der Waals surface area contributed by atoms with Crippen LogP contribution >= 0.6 is 23.2 Å². The van der Waals surface area contributed by atoms with Gasteiger partial charge in [-0.25, -0.2) is 0 Å². The number of phenols is 1. The predicted molar refractivity (Wildman–Crippen MR) is 91.4 cm³/mol. The highest BCUT2D eigenvalue weighted by atomic mass is 35.5. The van der Waals surface area contributed by atoms with Gasteiger partial charge >= 0.3 is 0 Å². The number of hydrogen-bond acceptors (Lipinski definition) is 2. The summed E-state index contributed by atoms with van der Waals surface area (Å²) in [5, 5.41) is 20.8. The first-order valence-corrected chi connectivity index (χ1v) is 8.12. The summed E-state index contributed by atoms with van der Waals surface area (Å²) >= 11 is 13.3. The van der Waals surface area contributed by atoms with Gasteiger partial charge in [-0.3, -0.25) is 0 Å². The van der Waals surface area contributed by atoms with Gasteiger partial charge in [0.2, 0.25) is 0 Å². The van der Waals surface area contributed by atoms with E-state index in [1.165, 1.54) is 12.1 Å². The molecule has 2 aromatic carbocycles. The average molecular weight is 339 g/mol. The largest absolute Gasteiger partial charge is 0.508 e. The van der Waals surface area contributed by atoms with Gasteiger partial charge in [0.25, 0.3) is 0 Å². The van der Waals surface area contributed by atoms with E-state index >= 15 is 0 Å². The van der Waals surface area contributed by atoms with Crippen LogP contribution in [0.25, 0.3) is 0 Å². The van der Waals surface area contributed by atoms with E-state index in [2.05, 4.69) is 6.92 Å². The number of benzene rings is 2. The summed E-state index contributed by atoms with van der Waals surface area (Å²) in [4.78, 5) is 0. The number of unbranched alkanes of at least 4 members (excludes halogenated alkanes) is 1. The van der Waals surface area contributed by atoms with E-state index in [1.807, 2.05) is 30.3 Å². The Hall–Kier alpha value is -1.22. The van der Waals surface area contributed by atoms with Crippen molar-refractivity contribution < 1.29 is 10.2 Å². The first kappa shape index (κ1) is 17.1. The van der Waals surface area contributed by atoms with Gasteiger partial charge in [0.15, 0.2) is 4.33 Å². The fourth-order valence-corrected chi connectivity index (χ4v) is 3.20. The van der Waals surface area contributed by atoms with Crippen molar-refractivity contribution in [1.29, 1.82) is 0 Å². The first-order chi connectivity index (χ1) is 10.4. The van der Waals surface area contributed by atoms with E-state index in [1.54, 1.807) is 12.1 Å². The van der Waals surface area contributed by atoms with E-state index in [9.17, 15) is 10.2 Å². The molecular formula is C18H20Cl2O2. The zero-order chi connectivity index (χ0) is 16.2. The standard InChI is InChI=1S/C18H20Cl2O2/c1-2-3-13-17(22,14-7-5-4-6-8-14)18(19,20)15-9-11-16(21)12-10-15/h4-12,21-22H,2-3,13H2,1H3. The van der Waals surface area contributed by atoms with Crippen molar-refractivity contribution in [2.45, 2.75) is 36.1 Å².